The van der Waals surface area contributed by atoms with Crippen molar-refractivity contribution in [2.24, 2.45) is 5.73 Å². The molecule has 1 atom stereocenters. The Hall–Kier alpha value is -0.910. The molecule has 0 saturated carbocycles. The molecule has 0 aliphatic heterocycles. The molecule has 0 aromatic heterocycles. The summed E-state index contributed by atoms with van der Waals surface area (Å²) in [5.41, 5.74) is 7.51. The number of hydrogen-bond acceptors (Lipinski definition) is 3. The fourth-order valence-corrected chi connectivity index (χ4v) is 3.42. The van der Waals surface area contributed by atoms with Crippen LogP contribution >= 0.6 is 0 Å². The van der Waals surface area contributed by atoms with Crippen molar-refractivity contribution in [2.75, 3.05) is 0 Å². The van der Waals surface area contributed by atoms with Crippen molar-refractivity contribution >= 4 is 10.0 Å². The zero-order valence-electron chi connectivity index (χ0n) is 11.9. The highest BCUT2D eigenvalue weighted by atomic mass is 32.2. The Bertz CT molecular complexity index is 512. The Labute approximate surface area is 116 Å². The van der Waals surface area contributed by atoms with Crippen molar-refractivity contribution in [1.82, 2.24) is 4.72 Å². The van der Waals surface area contributed by atoms with Crippen LogP contribution in [0.25, 0.3) is 0 Å². The van der Waals surface area contributed by atoms with Crippen LogP contribution in [-0.4, -0.2) is 14.5 Å². The molecule has 5 heteroatoms. The number of rotatable bonds is 7. The van der Waals surface area contributed by atoms with E-state index in [0.29, 0.717) is 11.4 Å². The van der Waals surface area contributed by atoms with Crippen molar-refractivity contribution in [3.8, 4) is 0 Å². The van der Waals surface area contributed by atoms with Crippen molar-refractivity contribution < 1.29 is 8.42 Å². The Morgan fingerprint density at radius 2 is 2.00 bits per heavy atom. The van der Waals surface area contributed by atoms with Gasteiger partial charge in [0.2, 0.25) is 10.0 Å². The monoisotopic (exact) mass is 284 g/mol. The topological polar surface area (TPSA) is 72.2 Å². The third kappa shape index (κ3) is 4.30. The van der Waals surface area contributed by atoms with Gasteiger partial charge in [-0.2, -0.15) is 0 Å². The predicted molar refractivity (Wildman–Crippen MR) is 78.4 cm³/mol. The molecule has 0 saturated heterocycles. The van der Waals surface area contributed by atoms with Gasteiger partial charge in [0, 0.05) is 12.6 Å². The molecule has 1 rings (SSSR count). The molecule has 3 N–H and O–H groups in total. The van der Waals surface area contributed by atoms with E-state index in [9.17, 15) is 8.42 Å². The number of benzene rings is 1. The largest absolute Gasteiger partial charge is 0.326 e. The fraction of sp³-hybridized carbons (Fsp3) is 0.571. The minimum atomic E-state index is -3.45. The SMILES string of the molecule is CCCC(CC)NS(=O)(=O)c1ccc(C)c(CN)c1. The maximum Gasteiger partial charge on any atom is 0.240 e. The van der Waals surface area contributed by atoms with Crippen LogP contribution in [0.2, 0.25) is 0 Å². The van der Waals surface area contributed by atoms with E-state index in [1.807, 2.05) is 13.8 Å². The summed E-state index contributed by atoms with van der Waals surface area (Å²) in [6.07, 6.45) is 2.61. The molecule has 1 unspecified atom stereocenters. The summed E-state index contributed by atoms with van der Waals surface area (Å²) >= 11 is 0. The second-order valence-corrected chi connectivity index (χ2v) is 6.52. The Kier molecular flexibility index (Phi) is 5.97. The van der Waals surface area contributed by atoms with Crippen molar-refractivity contribution in [3.05, 3.63) is 29.3 Å². The highest BCUT2D eigenvalue weighted by Gasteiger charge is 2.19. The lowest BCUT2D eigenvalue weighted by molar-refractivity contribution is 0.512. The van der Waals surface area contributed by atoms with Gasteiger partial charge in [-0.05, 0) is 43.0 Å². The first-order chi connectivity index (χ1) is 8.94. The lowest BCUT2D eigenvalue weighted by atomic mass is 10.1. The van der Waals surface area contributed by atoms with Crippen LogP contribution in [0.4, 0.5) is 0 Å². The number of nitrogens with one attached hydrogen (secondary N) is 1. The Morgan fingerprint density at radius 1 is 1.32 bits per heavy atom. The summed E-state index contributed by atoms with van der Waals surface area (Å²) < 4.78 is 27.4. The number of sulfonamides is 1. The van der Waals surface area contributed by atoms with Gasteiger partial charge in [-0.25, -0.2) is 13.1 Å². The summed E-state index contributed by atoms with van der Waals surface area (Å²) in [6.45, 7) is 6.32. The van der Waals surface area contributed by atoms with Crippen LogP contribution in [0.15, 0.2) is 23.1 Å². The zero-order chi connectivity index (χ0) is 14.5. The lowest BCUT2D eigenvalue weighted by Crippen LogP contribution is -2.34. The number of nitrogens with two attached hydrogens (primary N) is 1. The third-order valence-electron chi connectivity index (χ3n) is 3.30. The van der Waals surface area contributed by atoms with E-state index in [0.717, 1.165) is 30.4 Å². The molecule has 19 heavy (non-hydrogen) atoms. The maximum atomic E-state index is 12.3. The van der Waals surface area contributed by atoms with E-state index in [1.54, 1.807) is 18.2 Å². The van der Waals surface area contributed by atoms with Gasteiger partial charge in [-0.3, -0.25) is 0 Å². The van der Waals surface area contributed by atoms with E-state index >= 15 is 0 Å². The van der Waals surface area contributed by atoms with Gasteiger partial charge in [0.15, 0.2) is 0 Å². The van der Waals surface area contributed by atoms with Crippen molar-refractivity contribution in [2.45, 2.75) is 57.5 Å². The van der Waals surface area contributed by atoms with Gasteiger partial charge in [0.25, 0.3) is 0 Å². The van der Waals surface area contributed by atoms with Gasteiger partial charge in [-0.15, -0.1) is 0 Å². The molecule has 0 amide bonds. The molecule has 0 radical (unpaired) electrons. The molecule has 0 spiro atoms. The summed E-state index contributed by atoms with van der Waals surface area (Å²) in [6, 6.07) is 5.10. The first-order valence-corrected chi connectivity index (χ1v) is 8.24. The second kappa shape index (κ2) is 7.03. The molecule has 0 bridgehead atoms. The average molecular weight is 284 g/mol. The summed E-state index contributed by atoms with van der Waals surface area (Å²) in [7, 11) is -3.45. The highest BCUT2D eigenvalue weighted by Crippen LogP contribution is 2.16. The molecule has 0 aliphatic carbocycles. The van der Waals surface area contributed by atoms with Crippen LogP contribution in [0.3, 0.4) is 0 Å². The Morgan fingerprint density at radius 3 is 2.53 bits per heavy atom. The van der Waals surface area contributed by atoms with Crippen molar-refractivity contribution in [3.63, 3.8) is 0 Å². The number of aryl methyl sites for hydroxylation is 1. The average Bonchev–Trinajstić information content (AvgIpc) is 2.38. The van der Waals surface area contributed by atoms with Crippen molar-refractivity contribution in [1.29, 1.82) is 0 Å². The standard InChI is InChI=1S/C14H24N2O2S/c1-4-6-13(5-2)16-19(17,18)14-8-7-11(3)12(9-14)10-15/h7-9,13,16H,4-6,10,15H2,1-3H3. The van der Waals surface area contributed by atoms with Crippen LogP contribution in [0.5, 0.6) is 0 Å². The van der Waals surface area contributed by atoms with E-state index in [-0.39, 0.29) is 6.04 Å². The van der Waals surface area contributed by atoms with Gasteiger partial charge in [0.1, 0.15) is 0 Å². The van der Waals surface area contributed by atoms with Crippen LogP contribution < -0.4 is 10.5 Å². The minimum absolute atomic E-state index is 0.00219. The van der Waals surface area contributed by atoms with E-state index in [4.69, 9.17) is 5.73 Å². The lowest BCUT2D eigenvalue weighted by Gasteiger charge is -2.17. The van der Waals surface area contributed by atoms with E-state index in [2.05, 4.69) is 11.6 Å². The normalized spacial score (nSPS) is 13.5. The van der Waals surface area contributed by atoms with Gasteiger partial charge < -0.3 is 5.73 Å². The van der Waals surface area contributed by atoms with Crippen LogP contribution in [0.1, 0.15) is 44.2 Å². The molecular formula is C14H24N2O2S. The molecule has 0 fully saturated rings. The zero-order valence-corrected chi connectivity index (χ0v) is 12.8. The summed E-state index contributed by atoms with van der Waals surface area (Å²) in [5, 5.41) is 0. The smallest absolute Gasteiger partial charge is 0.240 e. The highest BCUT2D eigenvalue weighted by molar-refractivity contribution is 7.89. The molecule has 1 aromatic rings. The summed E-state index contributed by atoms with van der Waals surface area (Å²) in [5.74, 6) is 0. The van der Waals surface area contributed by atoms with Gasteiger partial charge in [0.05, 0.1) is 4.90 Å². The van der Waals surface area contributed by atoms with E-state index < -0.39 is 10.0 Å². The maximum absolute atomic E-state index is 12.3. The number of hydrogen-bond donors (Lipinski definition) is 2. The first-order valence-electron chi connectivity index (χ1n) is 6.76. The molecule has 0 heterocycles. The predicted octanol–water partition coefficient (Wildman–Crippen LogP) is 2.31. The first kappa shape index (κ1) is 16.1. The molecular weight excluding hydrogens is 260 g/mol. The second-order valence-electron chi connectivity index (χ2n) is 4.81. The third-order valence-corrected chi connectivity index (χ3v) is 4.82. The Balaban J connectivity index is 2.99. The summed E-state index contributed by atoms with van der Waals surface area (Å²) in [4.78, 5) is 0.299. The van der Waals surface area contributed by atoms with Crippen LogP contribution in [-0.2, 0) is 16.6 Å². The molecule has 1 aromatic carbocycles. The molecule has 0 aliphatic rings. The van der Waals surface area contributed by atoms with Crippen LogP contribution in [0, 0.1) is 6.92 Å². The fourth-order valence-electron chi connectivity index (χ4n) is 2.02. The van der Waals surface area contributed by atoms with Gasteiger partial charge in [-0.1, -0.05) is 26.3 Å². The molecule has 108 valence electrons. The van der Waals surface area contributed by atoms with Gasteiger partial charge >= 0.3 is 0 Å². The minimum Gasteiger partial charge on any atom is -0.326 e. The molecule has 4 nitrogen and oxygen atoms in total. The van der Waals surface area contributed by atoms with E-state index in [1.165, 1.54) is 0 Å². The quantitative estimate of drug-likeness (QED) is 0.807.